The minimum Gasteiger partial charge on any atom is -0.460 e. The summed E-state index contributed by atoms with van der Waals surface area (Å²) in [5.74, 6) is -0.150. The molecule has 0 heterocycles. The molecule has 2 aliphatic rings. The molecule has 0 spiro atoms. The normalized spacial score (nSPS) is 18.1. The van der Waals surface area contributed by atoms with Gasteiger partial charge in [-0.1, -0.05) is 48.6 Å². The molecule has 2 aromatic carbocycles. The van der Waals surface area contributed by atoms with Gasteiger partial charge in [0.2, 0.25) is 0 Å². The zero-order chi connectivity index (χ0) is 17.6. The van der Waals surface area contributed by atoms with Crippen LogP contribution in [-0.2, 0) is 22.4 Å². The van der Waals surface area contributed by atoms with Crippen molar-refractivity contribution in [2.24, 2.45) is 5.92 Å². The number of ether oxygens (including phenoxy) is 1. The van der Waals surface area contributed by atoms with Crippen LogP contribution in [0.3, 0.4) is 0 Å². The molecule has 128 valence electrons. The highest BCUT2D eigenvalue weighted by Crippen LogP contribution is 2.24. The van der Waals surface area contributed by atoms with Gasteiger partial charge in [0.1, 0.15) is 5.60 Å². The molecule has 2 aliphatic carbocycles. The van der Waals surface area contributed by atoms with E-state index in [1.165, 1.54) is 32.0 Å². The van der Waals surface area contributed by atoms with Crippen LogP contribution in [0.1, 0.15) is 38.3 Å². The van der Waals surface area contributed by atoms with E-state index in [1.807, 2.05) is 20.8 Å². The molecule has 0 fully saturated rings. The Morgan fingerprint density at radius 3 is 2.56 bits per heavy atom. The molecule has 4 rings (SSSR count). The molecule has 1 unspecified atom stereocenters. The fourth-order valence-corrected chi connectivity index (χ4v) is 3.92. The summed E-state index contributed by atoms with van der Waals surface area (Å²) in [6.45, 7) is 5.79. The lowest BCUT2D eigenvalue weighted by Gasteiger charge is -2.26. The maximum Gasteiger partial charge on any atom is 0.310 e. The highest BCUT2D eigenvalue weighted by Gasteiger charge is 2.28. The van der Waals surface area contributed by atoms with Gasteiger partial charge in [-0.25, -0.2) is 0 Å². The third-order valence-electron chi connectivity index (χ3n) is 5.06. The smallest absolute Gasteiger partial charge is 0.310 e. The number of hydrogen-bond acceptors (Lipinski definition) is 2. The van der Waals surface area contributed by atoms with Crippen molar-refractivity contribution < 1.29 is 9.53 Å². The number of benzene rings is 2. The lowest BCUT2D eigenvalue weighted by Crippen LogP contribution is -2.33. The van der Waals surface area contributed by atoms with Crippen LogP contribution < -0.4 is 10.4 Å². The summed E-state index contributed by atoms with van der Waals surface area (Å²) in [6.07, 6.45) is 6.98. The van der Waals surface area contributed by atoms with Crippen molar-refractivity contribution in [3.05, 3.63) is 68.4 Å². The second kappa shape index (κ2) is 5.87. The van der Waals surface area contributed by atoms with Crippen molar-refractivity contribution in [3.8, 4) is 0 Å². The van der Waals surface area contributed by atoms with E-state index in [0.717, 1.165) is 19.3 Å². The lowest BCUT2D eigenvalue weighted by atomic mass is 9.84. The van der Waals surface area contributed by atoms with E-state index in [1.54, 1.807) is 0 Å². The predicted molar refractivity (Wildman–Crippen MR) is 100 cm³/mol. The van der Waals surface area contributed by atoms with Crippen LogP contribution in [-0.4, -0.2) is 11.6 Å². The number of carbonyl (C=O) groups excluding carboxylic acids is 1. The largest absolute Gasteiger partial charge is 0.460 e. The maximum atomic E-state index is 12.5. The zero-order valence-corrected chi connectivity index (χ0v) is 15.1. The number of rotatable bonds is 1. The molecule has 2 nitrogen and oxygen atoms in total. The van der Waals surface area contributed by atoms with E-state index in [4.69, 9.17) is 4.74 Å². The average molecular weight is 332 g/mol. The van der Waals surface area contributed by atoms with E-state index in [0.29, 0.717) is 0 Å². The molecular formula is C23H24O2. The highest BCUT2D eigenvalue weighted by molar-refractivity contribution is 5.75. The van der Waals surface area contributed by atoms with Gasteiger partial charge in [0.25, 0.3) is 0 Å². The summed E-state index contributed by atoms with van der Waals surface area (Å²) >= 11 is 0. The monoisotopic (exact) mass is 332 g/mol. The Morgan fingerprint density at radius 2 is 1.76 bits per heavy atom. The molecule has 0 radical (unpaired) electrons. The van der Waals surface area contributed by atoms with Crippen LogP contribution in [0.2, 0.25) is 0 Å². The van der Waals surface area contributed by atoms with Crippen molar-refractivity contribution in [2.45, 2.75) is 45.6 Å². The first-order valence-electron chi connectivity index (χ1n) is 9.06. The van der Waals surface area contributed by atoms with E-state index in [-0.39, 0.29) is 11.9 Å². The van der Waals surface area contributed by atoms with Crippen LogP contribution in [0.15, 0.2) is 36.4 Å². The second-order valence-corrected chi connectivity index (χ2v) is 8.03. The van der Waals surface area contributed by atoms with Crippen LogP contribution >= 0.6 is 0 Å². The van der Waals surface area contributed by atoms with Gasteiger partial charge in [0.15, 0.2) is 0 Å². The summed E-state index contributed by atoms with van der Waals surface area (Å²) in [4.78, 5) is 12.5. The summed E-state index contributed by atoms with van der Waals surface area (Å²) < 4.78 is 5.63. The Balaban J connectivity index is 1.80. The van der Waals surface area contributed by atoms with Crippen LogP contribution in [0, 0.1) is 16.4 Å². The minimum absolute atomic E-state index is 0.0737. The predicted octanol–water partition coefficient (Wildman–Crippen LogP) is 2.99. The number of carbonyl (C=O) groups is 1. The van der Waals surface area contributed by atoms with Crippen molar-refractivity contribution in [1.29, 1.82) is 0 Å². The lowest BCUT2D eigenvalue weighted by molar-refractivity contribution is -0.159. The van der Waals surface area contributed by atoms with Gasteiger partial charge in [-0.3, -0.25) is 4.79 Å². The summed E-state index contributed by atoms with van der Waals surface area (Å²) in [6, 6.07) is 13.0. The number of fused-ring (bicyclic) bond motifs is 4. The van der Waals surface area contributed by atoms with Crippen LogP contribution in [0.4, 0.5) is 0 Å². The van der Waals surface area contributed by atoms with Gasteiger partial charge in [-0.15, -0.1) is 0 Å². The standard InChI is InChI=1S/C23H24O2/c1-23(2,3)25-22(24)17-9-8-16-11-12-19-18-7-5-4-6-15(18)10-13-20(19)21(16)14-17/h4-8,10-12,17H,9,13-14H2,1-3H3. The van der Waals surface area contributed by atoms with E-state index in [9.17, 15) is 4.79 Å². The Labute approximate surface area is 148 Å². The Kier molecular flexibility index (Phi) is 3.79. The topological polar surface area (TPSA) is 26.3 Å². The van der Waals surface area contributed by atoms with Crippen molar-refractivity contribution >= 4 is 18.1 Å². The van der Waals surface area contributed by atoms with Gasteiger partial charge >= 0.3 is 5.97 Å². The van der Waals surface area contributed by atoms with Gasteiger partial charge in [0, 0.05) is 0 Å². The van der Waals surface area contributed by atoms with Gasteiger partial charge in [-0.05, 0) is 72.0 Å². The maximum absolute atomic E-state index is 12.5. The molecule has 0 amide bonds. The van der Waals surface area contributed by atoms with E-state index < -0.39 is 5.60 Å². The van der Waals surface area contributed by atoms with Gasteiger partial charge < -0.3 is 4.74 Å². The van der Waals surface area contributed by atoms with Crippen LogP contribution in [0.25, 0.3) is 12.2 Å². The third kappa shape index (κ3) is 3.02. The molecule has 0 aromatic heterocycles. The Hall–Kier alpha value is -2.35. The van der Waals surface area contributed by atoms with Crippen molar-refractivity contribution in [3.63, 3.8) is 0 Å². The molecule has 0 aliphatic heterocycles. The fourth-order valence-electron chi connectivity index (χ4n) is 3.92. The molecule has 2 heteroatoms. The SMILES string of the molecule is CC(C)(C)OC(=O)C1CC=c2ccc3c(c2C1)CC=c1ccccc1=3. The molecule has 0 bridgehead atoms. The van der Waals surface area contributed by atoms with Crippen LogP contribution in [0.5, 0.6) is 0 Å². The number of esters is 1. The van der Waals surface area contributed by atoms with E-state index >= 15 is 0 Å². The third-order valence-corrected chi connectivity index (χ3v) is 5.06. The molecule has 2 aromatic rings. The Morgan fingerprint density at radius 1 is 0.960 bits per heavy atom. The molecular weight excluding hydrogens is 308 g/mol. The molecule has 0 saturated heterocycles. The van der Waals surface area contributed by atoms with E-state index in [2.05, 4.69) is 48.6 Å². The molecule has 1 atom stereocenters. The van der Waals surface area contributed by atoms with Gasteiger partial charge in [-0.2, -0.15) is 0 Å². The summed E-state index contributed by atoms with van der Waals surface area (Å²) in [5.41, 5.74) is 2.27. The quantitative estimate of drug-likeness (QED) is 0.751. The second-order valence-electron chi connectivity index (χ2n) is 8.03. The first kappa shape index (κ1) is 16.1. The number of hydrogen-bond donors (Lipinski definition) is 0. The highest BCUT2D eigenvalue weighted by atomic mass is 16.6. The zero-order valence-electron chi connectivity index (χ0n) is 15.1. The molecule has 0 N–H and O–H groups in total. The van der Waals surface area contributed by atoms with Crippen molar-refractivity contribution in [1.82, 2.24) is 0 Å². The molecule has 25 heavy (non-hydrogen) atoms. The minimum atomic E-state index is -0.430. The Bertz CT molecular complexity index is 1050. The van der Waals surface area contributed by atoms with Crippen molar-refractivity contribution in [2.75, 3.05) is 0 Å². The summed E-state index contributed by atoms with van der Waals surface area (Å²) in [5, 5.41) is 5.20. The first-order valence-corrected chi connectivity index (χ1v) is 9.06. The molecule has 0 saturated carbocycles. The summed E-state index contributed by atoms with van der Waals surface area (Å²) in [7, 11) is 0. The fraction of sp³-hybridized carbons (Fsp3) is 0.348. The average Bonchev–Trinajstić information content (AvgIpc) is 2.59. The first-order chi connectivity index (χ1) is 11.9. The van der Waals surface area contributed by atoms with Gasteiger partial charge in [0.05, 0.1) is 5.92 Å².